The Morgan fingerprint density at radius 3 is 2.86 bits per heavy atom. The molecule has 0 aliphatic heterocycles. The molecule has 0 aliphatic carbocycles. The molecule has 1 rings (SSSR count). The highest BCUT2D eigenvalue weighted by Gasteiger charge is 2.12. The molecule has 0 saturated carbocycles. The van der Waals surface area contributed by atoms with Gasteiger partial charge in [0.2, 0.25) is 0 Å². The summed E-state index contributed by atoms with van der Waals surface area (Å²) in [6, 6.07) is 6.60. The maximum absolute atomic E-state index is 12.0. The van der Waals surface area contributed by atoms with Gasteiger partial charge in [-0.15, -0.1) is 0 Å². The number of benzene rings is 1. The minimum absolute atomic E-state index is 0.0535. The number of carbonyl (C=O) groups is 1. The van der Waals surface area contributed by atoms with Crippen LogP contribution in [0.2, 0.25) is 10.0 Å². The molecule has 6 nitrogen and oxygen atoms in total. The van der Waals surface area contributed by atoms with E-state index < -0.39 is 5.91 Å². The summed E-state index contributed by atoms with van der Waals surface area (Å²) in [6.45, 7) is 0.931. The number of nitriles is 1. The van der Waals surface area contributed by atoms with Crippen LogP contribution in [0.1, 0.15) is 0 Å². The zero-order chi connectivity index (χ0) is 16.4. The lowest BCUT2D eigenvalue weighted by molar-refractivity contribution is -0.112. The lowest BCUT2D eigenvalue weighted by Gasteiger charge is -2.08. The molecule has 0 heterocycles. The standard InChI is InChI=1S/C14H15Cl2N3O3/c15-11-2-1-3-12(13(11)16)19-14(21)10(8-17)9-18-4-6-22-7-5-20/h1-3,9,18,20H,4-7H2,(H,19,21)/b10-9-. The number of aliphatic hydroxyl groups is 1. The van der Waals surface area contributed by atoms with Gasteiger partial charge >= 0.3 is 0 Å². The van der Waals surface area contributed by atoms with Gasteiger partial charge in [-0.2, -0.15) is 5.26 Å². The molecule has 0 unspecified atom stereocenters. The average Bonchev–Trinajstić information content (AvgIpc) is 2.51. The first kappa shape index (κ1) is 18.3. The van der Waals surface area contributed by atoms with Crippen LogP contribution in [0.15, 0.2) is 30.0 Å². The van der Waals surface area contributed by atoms with E-state index >= 15 is 0 Å². The molecule has 0 bridgehead atoms. The van der Waals surface area contributed by atoms with E-state index in [4.69, 9.17) is 38.3 Å². The first-order valence-corrected chi connectivity index (χ1v) is 7.13. The second-order valence-electron chi connectivity index (χ2n) is 4.02. The van der Waals surface area contributed by atoms with Gasteiger partial charge in [-0.05, 0) is 12.1 Å². The SMILES string of the molecule is N#C/C(=C/NCCOCCO)C(=O)Nc1cccc(Cl)c1Cl. The summed E-state index contributed by atoms with van der Waals surface area (Å²) in [5, 5.41) is 23.3. The molecular weight excluding hydrogens is 329 g/mol. The van der Waals surface area contributed by atoms with Crippen molar-refractivity contribution in [2.45, 2.75) is 0 Å². The van der Waals surface area contributed by atoms with Crippen molar-refractivity contribution in [3.8, 4) is 6.07 Å². The van der Waals surface area contributed by atoms with E-state index in [0.717, 1.165) is 0 Å². The fourth-order valence-electron chi connectivity index (χ4n) is 1.41. The third-order valence-electron chi connectivity index (χ3n) is 2.44. The normalized spacial score (nSPS) is 10.9. The monoisotopic (exact) mass is 343 g/mol. The third-order valence-corrected chi connectivity index (χ3v) is 3.26. The summed E-state index contributed by atoms with van der Waals surface area (Å²) in [7, 11) is 0. The van der Waals surface area contributed by atoms with Gasteiger partial charge in [0.1, 0.15) is 11.6 Å². The van der Waals surface area contributed by atoms with Crippen LogP contribution in [-0.2, 0) is 9.53 Å². The quantitative estimate of drug-likeness (QED) is 0.381. The molecule has 0 fully saturated rings. The smallest absolute Gasteiger partial charge is 0.267 e. The Hall–Kier alpha value is -1.78. The van der Waals surface area contributed by atoms with Crippen molar-refractivity contribution in [2.24, 2.45) is 0 Å². The Labute approximate surface area is 138 Å². The van der Waals surface area contributed by atoms with Crippen LogP contribution in [0.25, 0.3) is 0 Å². The lowest BCUT2D eigenvalue weighted by Crippen LogP contribution is -2.19. The molecule has 1 aromatic carbocycles. The molecule has 0 atom stereocenters. The summed E-state index contributed by atoms with van der Waals surface area (Å²) >= 11 is 11.8. The summed E-state index contributed by atoms with van der Waals surface area (Å²) in [4.78, 5) is 12.0. The molecule has 0 aromatic heterocycles. The van der Waals surface area contributed by atoms with E-state index in [1.807, 2.05) is 0 Å². The first-order valence-electron chi connectivity index (χ1n) is 6.37. The van der Waals surface area contributed by atoms with Crippen LogP contribution < -0.4 is 10.6 Å². The number of nitrogens with one attached hydrogen (secondary N) is 2. The topological polar surface area (TPSA) is 94.4 Å². The number of halogens is 2. The van der Waals surface area contributed by atoms with Crippen LogP contribution in [0.4, 0.5) is 5.69 Å². The van der Waals surface area contributed by atoms with Crippen LogP contribution in [0.5, 0.6) is 0 Å². The largest absolute Gasteiger partial charge is 0.394 e. The number of aliphatic hydroxyl groups excluding tert-OH is 1. The molecule has 0 spiro atoms. The van der Waals surface area contributed by atoms with Crippen molar-refractivity contribution in [3.05, 3.63) is 40.0 Å². The molecule has 0 radical (unpaired) electrons. The summed E-state index contributed by atoms with van der Waals surface area (Å²) in [6.07, 6.45) is 1.29. The van der Waals surface area contributed by atoms with Crippen molar-refractivity contribution in [2.75, 3.05) is 31.7 Å². The van der Waals surface area contributed by atoms with Gasteiger partial charge in [0, 0.05) is 12.7 Å². The highest BCUT2D eigenvalue weighted by Crippen LogP contribution is 2.29. The molecule has 22 heavy (non-hydrogen) atoms. The van der Waals surface area contributed by atoms with Crippen molar-refractivity contribution in [1.29, 1.82) is 5.26 Å². The molecule has 118 valence electrons. The number of rotatable bonds is 8. The van der Waals surface area contributed by atoms with Gasteiger partial charge in [-0.25, -0.2) is 0 Å². The lowest BCUT2D eigenvalue weighted by atomic mass is 10.2. The second-order valence-corrected chi connectivity index (χ2v) is 4.80. The number of hydrogen-bond donors (Lipinski definition) is 3. The van der Waals surface area contributed by atoms with Crippen LogP contribution in [0, 0.1) is 11.3 Å². The van der Waals surface area contributed by atoms with E-state index in [0.29, 0.717) is 23.9 Å². The maximum Gasteiger partial charge on any atom is 0.267 e. The molecule has 3 N–H and O–H groups in total. The summed E-state index contributed by atoms with van der Waals surface area (Å²) < 4.78 is 5.03. The fourth-order valence-corrected chi connectivity index (χ4v) is 1.76. The second kappa shape index (κ2) is 10.0. The third kappa shape index (κ3) is 5.92. The molecule has 8 heteroatoms. The van der Waals surface area contributed by atoms with E-state index in [9.17, 15) is 4.79 Å². The molecule has 0 aliphatic rings. The number of hydrogen-bond acceptors (Lipinski definition) is 5. The van der Waals surface area contributed by atoms with Gasteiger partial charge in [0.25, 0.3) is 5.91 Å². The van der Waals surface area contributed by atoms with Crippen molar-refractivity contribution in [1.82, 2.24) is 5.32 Å². The highest BCUT2D eigenvalue weighted by molar-refractivity contribution is 6.44. The average molecular weight is 344 g/mol. The van der Waals surface area contributed by atoms with Gasteiger partial charge in [-0.3, -0.25) is 4.79 Å². The Balaban J connectivity index is 2.57. The zero-order valence-electron chi connectivity index (χ0n) is 11.6. The number of anilines is 1. The number of ether oxygens (including phenoxy) is 1. The van der Waals surface area contributed by atoms with Gasteiger partial charge in [0.15, 0.2) is 0 Å². The molecule has 1 amide bonds. The fraction of sp³-hybridized carbons (Fsp3) is 0.286. The van der Waals surface area contributed by atoms with Crippen LogP contribution >= 0.6 is 23.2 Å². The predicted octanol–water partition coefficient (Wildman–Crippen LogP) is 1.94. The molecular formula is C14H15Cl2N3O3. The zero-order valence-corrected chi connectivity index (χ0v) is 13.1. The number of carbonyl (C=O) groups excluding carboxylic acids is 1. The molecule has 1 aromatic rings. The highest BCUT2D eigenvalue weighted by atomic mass is 35.5. The number of amides is 1. The Bertz CT molecular complexity index is 585. The summed E-state index contributed by atoms with van der Waals surface area (Å²) in [5.41, 5.74) is 0.213. The van der Waals surface area contributed by atoms with Crippen molar-refractivity contribution in [3.63, 3.8) is 0 Å². The van der Waals surface area contributed by atoms with Gasteiger partial charge in [-0.1, -0.05) is 29.3 Å². The minimum atomic E-state index is -0.601. The van der Waals surface area contributed by atoms with E-state index in [1.54, 1.807) is 24.3 Å². The first-order chi connectivity index (χ1) is 10.6. The Morgan fingerprint density at radius 1 is 1.41 bits per heavy atom. The van der Waals surface area contributed by atoms with Crippen molar-refractivity contribution >= 4 is 34.8 Å². The van der Waals surface area contributed by atoms with E-state index in [-0.39, 0.29) is 23.8 Å². The minimum Gasteiger partial charge on any atom is -0.394 e. The van der Waals surface area contributed by atoms with Gasteiger partial charge < -0.3 is 20.5 Å². The predicted molar refractivity (Wildman–Crippen MR) is 84.7 cm³/mol. The van der Waals surface area contributed by atoms with E-state index in [2.05, 4.69) is 10.6 Å². The maximum atomic E-state index is 12.0. The number of nitrogens with zero attached hydrogens (tertiary/aromatic N) is 1. The Kier molecular flexibility index (Phi) is 8.33. The summed E-state index contributed by atoms with van der Waals surface area (Å²) in [5.74, 6) is -0.601. The van der Waals surface area contributed by atoms with Crippen LogP contribution in [-0.4, -0.2) is 37.4 Å². The van der Waals surface area contributed by atoms with Crippen molar-refractivity contribution < 1.29 is 14.6 Å². The Morgan fingerprint density at radius 2 is 2.18 bits per heavy atom. The molecule has 0 saturated heterocycles. The van der Waals surface area contributed by atoms with E-state index in [1.165, 1.54) is 6.20 Å². The van der Waals surface area contributed by atoms with Crippen LogP contribution in [0.3, 0.4) is 0 Å². The van der Waals surface area contributed by atoms with Gasteiger partial charge in [0.05, 0.1) is 35.6 Å².